The van der Waals surface area contributed by atoms with E-state index in [9.17, 15) is 18.8 Å². The van der Waals surface area contributed by atoms with Gasteiger partial charge < -0.3 is 10.2 Å². The van der Waals surface area contributed by atoms with E-state index in [0.717, 1.165) is 0 Å². The van der Waals surface area contributed by atoms with Gasteiger partial charge in [0, 0.05) is 30.2 Å². The van der Waals surface area contributed by atoms with Gasteiger partial charge in [-0.05, 0) is 24.6 Å². The van der Waals surface area contributed by atoms with E-state index in [1.54, 1.807) is 23.1 Å². The van der Waals surface area contributed by atoms with Crippen molar-refractivity contribution in [2.75, 3.05) is 24.1 Å². The third kappa shape index (κ3) is 4.81. The molecule has 0 aliphatic carbocycles. The molecule has 1 fully saturated rings. The van der Waals surface area contributed by atoms with Crippen molar-refractivity contribution in [3.63, 3.8) is 0 Å². The van der Waals surface area contributed by atoms with E-state index in [2.05, 4.69) is 22.9 Å². The van der Waals surface area contributed by atoms with Crippen LogP contribution in [0.15, 0.2) is 42.5 Å². The molecule has 1 aromatic heterocycles. The number of para-hydroxylation sites is 1. The summed E-state index contributed by atoms with van der Waals surface area (Å²) in [7, 11) is -1.21. The minimum Gasteiger partial charge on any atom is -0.350 e. The third-order valence-electron chi connectivity index (χ3n) is 5.86. The van der Waals surface area contributed by atoms with Crippen molar-refractivity contribution >= 4 is 50.1 Å². The smallest absolute Gasteiger partial charge is 0.245 e. The zero-order valence-corrected chi connectivity index (χ0v) is 20.8. The predicted molar refractivity (Wildman–Crippen MR) is 133 cm³/mol. The molecule has 0 saturated carbocycles. The van der Waals surface area contributed by atoms with Gasteiger partial charge in [0.2, 0.25) is 11.8 Å². The molecule has 10 heteroatoms. The lowest BCUT2D eigenvalue weighted by atomic mass is 10.2. The molecule has 4 rings (SSSR count). The molecule has 1 aliphatic heterocycles. The molecule has 1 saturated heterocycles. The fourth-order valence-electron chi connectivity index (χ4n) is 4.21. The Hall–Kier alpha value is -2.91. The van der Waals surface area contributed by atoms with Crippen LogP contribution in [-0.4, -0.2) is 62.5 Å². The molecule has 2 aromatic carbocycles. The Kier molecular flexibility index (Phi) is 6.69. The van der Waals surface area contributed by atoms with Gasteiger partial charge in [0.25, 0.3) is 0 Å². The van der Waals surface area contributed by atoms with Crippen LogP contribution in [0, 0.1) is 5.82 Å². The van der Waals surface area contributed by atoms with E-state index in [-0.39, 0.29) is 41.3 Å². The summed E-state index contributed by atoms with van der Waals surface area (Å²) in [6.45, 7) is 1.33. The lowest BCUT2D eigenvalue weighted by Gasteiger charge is -2.25. The van der Waals surface area contributed by atoms with E-state index in [1.807, 2.05) is 18.2 Å². The number of ketones is 1. The highest BCUT2D eigenvalue weighted by molar-refractivity contribution is 8.32. The number of nitrogens with one attached hydrogen (secondary N) is 1. The third-order valence-corrected chi connectivity index (χ3v) is 8.35. The van der Waals surface area contributed by atoms with E-state index in [0.29, 0.717) is 28.2 Å². The summed E-state index contributed by atoms with van der Waals surface area (Å²) in [5.41, 5.74) is 1.28. The fourth-order valence-corrected chi connectivity index (χ4v) is 6.77. The Labute approximate surface area is 203 Å². The van der Waals surface area contributed by atoms with Gasteiger partial charge in [0.05, 0.1) is 16.4 Å². The van der Waals surface area contributed by atoms with Crippen LogP contribution >= 0.6 is 21.6 Å². The topological polar surface area (TPSA) is 84.3 Å². The van der Waals surface area contributed by atoms with E-state index < -0.39 is 21.9 Å². The Bertz CT molecular complexity index is 1290. The molecule has 0 radical (unpaired) electrons. The van der Waals surface area contributed by atoms with Crippen LogP contribution in [0.25, 0.3) is 10.9 Å². The predicted octanol–water partition coefficient (Wildman–Crippen LogP) is 3.58. The lowest BCUT2D eigenvalue weighted by molar-refractivity contribution is -0.138. The van der Waals surface area contributed by atoms with Crippen molar-refractivity contribution in [3.8, 4) is 0 Å². The summed E-state index contributed by atoms with van der Waals surface area (Å²) < 4.78 is 15.7. The van der Waals surface area contributed by atoms with E-state index in [4.69, 9.17) is 11.6 Å². The number of hydrogen-bond acceptors (Lipinski definition) is 4. The maximum atomic E-state index is 14.2. The zero-order chi connectivity index (χ0) is 24.6. The van der Waals surface area contributed by atoms with Crippen LogP contribution in [0.2, 0.25) is 5.02 Å². The molecule has 0 spiro atoms. The summed E-state index contributed by atoms with van der Waals surface area (Å²) in [5, 5.41) is 7.81. The first kappa shape index (κ1) is 24.2. The number of Topliss-reactive ketones (excluding diaryl/α,β-unsaturated/α-hetero) is 1. The fraction of sp³-hybridized carbons (Fsp3) is 0.333. The molecule has 3 aromatic rings. The molecule has 34 heavy (non-hydrogen) atoms. The normalized spacial score (nSPS) is 18.1. The summed E-state index contributed by atoms with van der Waals surface area (Å²) in [5.74, 6) is -0.299. The van der Waals surface area contributed by atoms with Crippen LogP contribution in [0.1, 0.15) is 23.0 Å². The van der Waals surface area contributed by atoms with Gasteiger partial charge in [-0.1, -0.05) is 41.9 Å². The minimum atomic E-state index is -1.21. The quantitative estimate of drug-likeness (QED) is 0.520. The second kappa shape index (κ2) is 9.38. The summed E-state index contributed by atoms with van der Waals surface area (Å²) >= 11 is 5.83. The highest BCUT2D eigenvalue weighted by atomic mass is 35.5. The molecule has 1 N–H and O–H groups in total. The van der Waals surface area contributed by atoms with Crippen molar-refractivity contribution in [2.45, 2.75) is 26.1 Å². The highest BCUT2D eigenvalue weighted by Crippen LogP contribution is 2.47. The molecule has 0 bridgehead atoms. The Morgan fingerprint density at radius 3 is 2.65 bits per heavy atom. The molecule has 1 aliphatic rings. The van der Waals surface area contributed by atoms with Crippen LogP contribution in [-0.2, 0) is 22.7 Å². The number of carbonyl (C=O) groups excluding carboxylic acids is 3. The molecule has 1 atom stereocenters. The van der Waals surface area contributed by atoms with Gasteiger partial charge in [-0.25, -0.2) is 14.4 Å². The number of amides is 2. The van der Waals surface area contributed by atoms with Crippen molar-refractivity contribution in [1.82, 2.24) is 20.0 Å². The molecule has 0 unspecified atom stereocenters. The minimum absolute atomic E-state index is 0.00798. The largest absolute Gasteiger partial charge is 0.350 e. The number of benzene rings is 2. The Morgan fingerprint density at radius 2 is 1.91 bits per heavy atom. The summed E-state index contributed by atoms with van der Waals surface area (Å²) in [6, 6.07) is 11.2. The van der Waals surface area contributed by atoms with Gasteiger partial charge in [0.15, 0.2) is 5.78 Å². The molecule has 2 amide bonds. The van der Waals surface area contributed by atoms with Crippen molar-refractivity contribution in [2.24, 2.45) is 0 Å². The number of carbonyl (C=O) groups is 3. The molecule has 2 heterocycles. The number of halogens is 2. The van der Waals surface area contributed by atoms with Crippen LogP contribution in [0.5, 0.6) is 0 Å². The summed E-state index contributed by atoms with van der Waals surface area (Å²) in [6.07, 6.45) is 4.16. The molecule has 7 nitrogen and oxygen atoms in total. The van der Waals surface area contributed by atoms with Gasteiger partial charge >= 0.3 is 0 Å². The first-order chi connectivity index (χ1) is 16.1. The van der Waals surface area contributed by atoms with E-state index >= 15 is 0 Å². The number of nitrogens with zero attached hydrogens (tertiary/aromatic N) is 3. The SMILES string of the molecule is CC(=O)c1nn(CC(=O)N2CS(C)(C)C[C@H]2C(=O)NCc2cccc(Cl)c2F)c2ccccc12. The number of hydrogen-bond donors (Lipinski definition) is 1. The van der Waals surface area contributed by atoms with Crippen LogP contribution < -0.4 is 5.32 Å². The van der Waals surface area contributed by atoms with Gasteiger partial charge in [-0.15, -0.1) is 0 Å². The maximum absolute atomic E-state index is 14.2. The number of fused-ring (bicyclic) bond motifs is 1. The lowest BCUT2D eigenvalue weighted by Crippen LogP contribution is -2.48. The van der Waals surface area contributed by atoms with Gasteiger partial charge in [-0.2, -0.15) is 5.10 Å². The molecule has 180 valence electrons. The summed E-state index contributed by atoms with van der Waals surface area (Å²) in [4.78, 5) is 40.0. The first-order valence-corrected chi connectivity index (χ1v) is 13.9. The second-order valence-electron chi connectivity index (χ2n) is 8.95. The average molecular weight is 505 g/mol. The van der Waals surface area contributed by atoms with Gasteiger partial charge in [-0.3, -0.25) is 19.1 Å². The first-order valence-electron chi connectivity index (χ1n) is 10.7. The van der Waals surface area contributed by atoms with Crippen LogP contribution in [0.3, 0.4) is 0 Å². The van der Waals surface area contributed by atoms with Crippen molar-refractivity contribution in [1.29, 1.82) is 0 Å². The zero-order valence-electron chi connectivity index (χ0n) is 19.2. The Morgan fingerprint density at radius 1 is 1.18 bits per heavy atom. The monoisotopic (exact) mass is 504 g/mol. The Balaban J connectivity index is 1.53. The standard InChI is InChI=1S/C24H26ClFN4O3S/c1-15(31)23-17-8-4-5-10-19(17)30(28-23)12-21(32)29-14-34(2,3)13-20(29)24(33)27-11-16-7-6-9-18(25)22(16)26/h4-10,20H,11-14H2,1-3H3,(H,27,33)/t20-/m0/s1. The number of rotatable bonds is 6. The number of aromatic nitrogens is 2. The molecular formula is C24H26ClFN4O3S. The van der Waals surface area contributed by atoms with Crippen molar-refractivity contribution in [3.05, 3.63) is 64.6 Å². The van der Waals surface area contributed by atoms with E-state index in [1.165, 1.54) is 17.7 Å². The van der Waals surface area contributed by atoms with Gasteiger partial charge in [0.1, 0.15) is 24.1 Å². The van der Waals surface area contributed by atoms with Crippen molar-refractivity contribution < 1.29 is 18.8 Å². The van der Waals surface area contributed by atoms with Crippen LogP contribution in [0.4, 0.5) is 4.39 Å². The molecular weight excluding hydrogens is 479 g/mol. The maximum Gasteiger partial charge on any atom is 0.245 e. The average Bonchev–Trinajstić information content (AvgIpc) is 3.32. The highest BCUT2D eigenvalue weighted by Gasteiger charge is 2.41. The second-order valence-corrected chi connectivity index (χ2v) is 13.5.